The zero-order valence-corrected chi connectivity index (χ0v) is 7.56. The lowest BCUT2D eigenvalue weighted by molar-refractivity contribution is 1.51. The van der Waals surface area contributed by atoms with Gasteiger partial charge in [0.05, 0.1) is 22.0 Å². The van der Waals surface area contributed by atoms with Crippen LogP contribution in [0.5, 0.6) is 0 Å². The Kier molecular flexibility index (Phi) is 1.61. The van der Waals surface area contributed by atoms with Gasteiger partial charge in [-0.05, 0) is 12.1 Å². The molecule has 13 heavy (non-hydrogen) atoms. The lowest BCUT2D eigenvalue weighted by Gasteiger charge is -1.98. The summed E-state index contributed by atoms with van der Waals surface area (Å²) in [6.07, 6.45) is 0. The fraction of sp³-hybridized carbons (Fsp3) is 0. The SMILES string of the molecule is N#Cc1ccc(N)c2scc(N)c12. The van der Waals surface area contributed by atoms with Crippen LogP contribution in [0.2, 0.25) is 0 Å². The Bertz CT molecular complexity index is 507. The van der Waals surface area contributed by atoms with E-state index in [9.17, 15) is 0 Å². The fourth-order valence-electron chi connectivity index (χ4n) is 1.29. The van der Waals surface area contributed by atoms with Gasteiger partial charge in [-0.3, -0.25) is 0 Å². The predicted molar refractivity (Wildman–Crippen MR) is 55.4 cm³/mol. The van der Waals surface area contributed by atoms with Crippen molar-refractivity contribution in [2.75, 3.05) is 11.5 Å². The fourth-order valence-corrected chi connectivity index (χ4v) is 2.20. The molecule has 0 saturated heterocycles. The molecule has 0 saturated carbocycles. The molecule has 0 aliphatic carbocycles. The Balaban J connectivity index is 2.99. The molecular weight excluding hydrogens is 182 g/mol. The minimum Gasteiger partial charge on any atom is -0.398 e. The molecule has 2 aromatic rings. The second-order valence-corrected chi connectivity index (χ2v) is 3.59. The molecule has 0 aliphatic heterocycles. The van der Waals surface area contributed by atoms with Gasteiger partial charge in [0.1, 0.15) is 0 Å². The molecule has 2 rings (SSSR count). The summed E-state index contributed by atoms with van der Waals surface area (Å²) >= 11 is 1.47. The van der Waals surface area contributed by atoms with E-state index in [4.69, 9.17) is 16.7 Å². The summed E-state index contributed by atoms with van der Waals surface area (Å²) in [7, 11) is 0. The molecule has 1 heterocycles. The first-order valence-corrected chi connectivity index (χ1v) is 4.57. The molecule has 64 valence electrons. The zero-order valence-electron chi connectivity index (χ0n) is 6.74. The first-order chi connectivity index (χ1) is 6.24. The average molecular weight is 189 g/mol. The lowest BCUT2D eigenvalue weighted by atomic mass is 10.1. The maximum Gasteiger partial charge on any atom is 0.0999 e. The van der Waals surface area contributed by atoms with Crippen molar-refractivity contribution in [2.45, 2.75) is 0 Å². The predicted octanol–water partition coefficient (Wildman–Crippen LogP) is 1.94. The molecule has 0 bridgehead atoms. The van der Waals surface area contributed by atoms with Crippen molar-refractivity contribution in [3.05, 3.63) is 23.1 Å². The van der Waals surface area contributed by atoms with Gasteiger partial charge in [-0.1, -0.05) is 0 Å². The number of nitrogens with two attached hydrogens (primary N) is 2. The number of thiophene rings is 1. The van der Waals surface area contributed by atoms with Gasteiger partial charge < -0.3 is 11.5 Å². The molecule has 4 N–H and O–H groups in total. The molecule has 0 fully saturated rings. The average Bonchev–Trinajstić information content (AvgIpc) is 2.51. The highest BCUT2D eigenvalue weighted by Gasteiger charge is 2.08. The third-order valence-electron chi connectivity index (χ3n) is 1.90. The highest BCUT2D eigenvalue weighted by Crippen LogP contribution is 2.34. The molecule has 0 amide bonds. The van der Waals surface area contributed by atoms with E-state index in [0.29, 0.717) is 16.9 Å². The standard InChI is InChI=1S/C9H7N3S/c10-3-5-1-2-6(11)9-8(5)7(12)4-13-9/h1-2,4H,11-12H2. The van der Waals surface area contributed by atoms with Gasteiger partial charge in [0, 0.05) is 16.5 Å². The molecule has 0 spiro atoms. The number of hydrogen-bond donors (Lipinski definition) is 2. The zero-order chi connectivity index (χ0) is 9.42. The first-order valence-electron chi connectivity index (χ1n) is 3.69. The second kappa shape index (κ2) is 2.64. The van der Waals surface area contributed by atoms with E-state index in [-0.39, 0.29) is 0 Å². The van der Waals surface area contributed by atoms with Crippen molar-refractivity contribution in [1.82, 2.24) is 0 Å². The van der Waals surface area contributed by atoms with Crippen molar-refractivity contribution in [3.8, 4) is 6.07 Å². The number of nitriles is 1. The summed E-state index contributed by atoms with van der Waals surface area (Å²) < 4.78 is 0.900. The molecule has 1 aromatic carbocycles. The normalized spacial score (nSPS) is 10.1. The first kappa shape index (κ1) is 7.90. The number of anilines is 2. The van der Waals surface area contributed by atoms with Crippen LogP contribution in [0, 0.1) is 11.3 Å². The highest BCUT2D eigenvalue weighted by molar-refractivity contribution is 7.18. The molecule has 3 nitrogen and oxygen atoms in total. The summed E-state index contributed by atoms with van der Waals surface area (Å²) in [6, 6.07) is 5.52. The number of nitrogens with zero attached hydrogens (tertiary/aromatic N) is 1. The van der Waals surface area contributed by atoms with Gasteiger partial charge in [0.2, 0.25) is 0 Å². The van der Waals surface area contributed by atoms with Crippen molar-refractivity contribution < 1.29 is 0 Å². The second-order valence-electron chi connectivity index (χ2n) is 2.71. The Morgan fingerprint density at radius 2 is 2.00 bits per heavy atom. The maximum atomic E-state index is 8.83. The van der Waals surface area contributed by atoms with E-state index in [1.54, 1.807) is 12.1 Å². The summed E-state index contributed by atoms with van der Waals surface area (Å²) in [5.41, 5.74) is 13.4. The van der Waals surface area contributed by atoms with Gasteiger partial charge in [-0.25, -0.2) is 0 Å². The van der Waals surface area contributed by atoms with Crippen LogP contribution in [0.3, 0.4) is 0 Å². The van der Waals surface area contributed by atoms with Crippen LogP contribution in [0.25, 0.3) is 10.1 Å². The van der Waals surface area contributed by atoms with E-state index in [1.807, 2.05) is 5.38 Å². The largest absolute Gasteiger partial charge is 0.398 e. The van der Waals surface area contributed by atoms with E-state index >= 15 is 0 Å². The summed E-state index contributed by atoms with van der Waals surface area (Å²) in [5, 5.41) is 11.4. The molecule has 0 radical (unpaired) electrons. The molecule has 0 atom stereocenters. The third-order valence-corrected chi connectivity index (χ3v) is 2.95. The van der Waals surface area contributed by atoms with Crippen molar-refractivity contribution >= 4 is 32.8 Å². The van der Waals surface area contributed by atoms with E-state index in [2.05, 4.69) is 6.07 Å². The number of rotatable bonds is 0. The quantitative estimate of drug-likeness (QED) is 0.622. The number of nitrogen functional groups attached to an aromatic ring is 2. The third kappa shape index (κ3) is 1.02. The van der Waals surface area contributed by atoms with Gasteiger partial charge >= 0.3 is 0 Å². The minimum atomic E-state index is 0.586. The van der Waals surface area contributed by atoms with Crippen LogP contribution in [0.4, 0.5) is 11.4 Å². The molecule has 1 aromatic heterocycles. The topological polar surface area (TPSA) is 75.8 Å². The van der Waals surface area contributed by atoms with Crippen molar-refractivity contribution in [3.63, 3.8) is 0 Å². The van der Waals surface area contributed by atoms with Crippen LogP contribution in [0.1, 0.15) is 5.56 Å². The number of benzene rings is 1. The van der Waals surface area contributed by atoms with Crippen LogP contribution in [0.15, 0.2) is 17.5 Å². The van der Waals surface area contributed by atoms with Crippen molar-refractivity contribution in [2.24, 2.45) is 0 Å². The van der Waals surface area contributed by atoms with Crippen LogP contribution < -0.4 is 11.5 Å². The molecule has 0 unspecified atom stereocenters. The Hall–Kier alpha value is -1.73. The Morgan fingerprint density at radius 1 is 1.23 bits per heavy atom. The van der Waals surface area contributed by atoms with Crippen LogP contribution >= 0.6 is 11.3 Å². The Morgan fingerprint density at radius 3 is 2.69 bits per heavy atom. The Labute approximate surface area is 79.2 Å². The van der Waals surface area contributed by atoms with E-state index in [0.717, 1.165) is 10.1 Å². The summed E-state index contributed by atoms with van der Waals surface area (Å²) in [5.74, 6) is 0. The van der Waals surface area contributed by atoms with Crippen LogP contribution in [-0.4, -0.2) is 0 Å². The van der Waals surface area contributed by atoms with Gasteiger partial charge in [-0.2, -0.15) is 5.26 Å². The minimum absolute atomic E-state index is 0.586. The molecular formula is C9H7N3S. The number of hydrogen-bond acceptors (Lipinski definition) is 4. The molecule has 4 heteroatoms. The van der Waals surface area contributed by atoms with E-state index in [1.165, 1.54) is 11.3 Å². The molecule has 0 aliphatic rings. The highest BCUT2D eigenvalue weighted by atomic mass is 32.1. The van der Waals surface area contributed by atoms with Gasteiger partial charge in [-0.15, -0.1) is 11.3 Å². The van der Waals surface area contributed by atoms with Gasteiger partial charge in [0.25, 0.3) is 0 Å². The lowest BCUT2D eigenvalue weighted by Crippen LogP contribution is -1.88. The summed E-state index contributed by atoms with van der Waals surface area (Å²) in [6.45, 7) is 0. The monoisotopic (exact) mass is 189 g/mol. The van der Waals surface area contributed by atoms with Crippen LogP contribution in [-0.2, 0) is 0 Å². The summed E-state index contributed by atoms with van der Waals surface area (Å²) in [4.78, 5) is 0. The number of fused-ring (bicyclic) bond motifs is 1. The van der Waals surface area contributed by atoms with Gasteiger partial charge in [0.15, 0.2) is 0 Å². The van der Waals surface area contributed by atoms with E-state index < -0.39 is 0 Å². The maximum absolute atomic E-state index is 8.83. The van der Waals surface area contributed by atoms with Crippen molar-refractivity contribution in [1.29, 1.82) is 5.26 Å². The smallest absolute Gasteiger partial charge is 0.0999 e.